The van der Waals surface area contributed by atoms with Crippen LogP contribution >= 0.6 is 11.6 Å². The Morgan fingerprint density at radius 1 is 0.745 bits per heavy atom. The molecule has 3 aromatic carbocycles. The largest absolute Gasteiger partial charge is 0.490 e. The Balaban J connectivity index is 0.000000353. The summed E-state index contributed by atoms with van der Waals surface area (Å²) in [7, 11) is 0. The van der Waals surface area contributed by atoms with Crippen LogP contribution in [0.3, 0.4) is 0 Å². The zero-order chi connectivity index (χ0) is 37.3. The highest BCUT2D eigenvalue weighted by atomic mass is 35.5. The number of anilines is 5. The van der Waals surface area contributed by atoms with Crippen molar-refractivity contribution in [3.8, 4) is 0 Å². The minimum Gasteiger partial charge on any atom is -0.475 e. The van der Waals surface area contributed by atoms with Crippen molar-refractivity contribution in [1.29, 1.82) is 0 Å². The fourth-order valence-corrected chi connectivity index (χ4v) is 5.09. The van der Waals surface area contributed by atoms with Gasteiger partial charge in [-0.1, -0.05) is 41.9 Å². The summed E-state index contributed by atoms with van der Waals surface area (Å²) < 4.78 is 63.5. The summed E-state index contributed by atoms with van der Waals surface area (Å²) in [5.74, 6) is -4.37. The molecule has 11 nitrogen and oxygen atoms in total. The van der Waals surface area contributed by atoms with Gasteiger partial charge in [0.05, 0.1) is 6.20 Å². The van der Waals surface area contributed by atoms with Gasteiger partial charge in [0.25, 0.3) is 5.91 Å². The van der Waals surface area contributed by atoms with Crippen LogP contribution in [0.25, 0.3) is 0 Å². The molecule has 18 heteroatoms. The number of fused-ring (bicyclic) bond motifs is 6. The first-order chi connectivity index (χ1) is 24.0. The number of nitrogens with zero attached hydrogens (tertiary/aromatic N) is 4. The van der Waals surface area contributed by atoms with Crippen LogP contribution in [0.15, 0.2) is 79.0 Å². The van der Waals surface area contributed by atoms with E-state index < -0.39 is 24.3 Å². The molecule has 2 aliphatic rings. The molecule has 3 heterocycles. The van der Waals surface area contributed by atoms with Crippen molar-refractivity contribution in [2.24, 2.45) is 0 Å². The van der Waals surface area contributed by atoms with E-state index in [1.807, 2.05) is 47.4 Å². The zero-order valence-electron chi connectivity index (χ0n) is 26.3. The number of carbonyl (C=O) groups is 3. The molecule has 270 valence electrons. The summed E-state index contributed by atoms with van der Waals surface area (Å²) in [5, 5.41) is 21.4. The molecule has 2 aliphatic heterocycles. The third-order valence-corrected chi connectivity index (χ3v) is 7.64. The number of nitrogens with one attached hydrogen (secondary N) is 2. The topological polar surface area (TPSA) is 148 Å². The van der Waals surface area contributed by atoms with E-state index in [-0.39, 0.29) is 5.91 Å². The number of carbonyl (C=O) groups excluding carboxylic acids is 1. The second-order valence-corrected chi connectivity index (χ2v) is 11.3. The van der Waals surface area contributed by atoms with E-state index in [2.05, 4.69) is 55.8 Å². The highest BCUT2D eigenvalue weighted by Gasteiger charge is 2.39. The van der Waals surface area contributed by atoms with Crippen LogP contribution in [0.4, 0.5) is 55.2 Å². The SMILES string of the molecule is O=C(O)C(F)(F)F.O=C(O)C(F)(F)F.O=C(c1ccccc1)N1CCN(c2ccc3cc2CCc2cccc(c2)Nc2ncc(Cl)c(n2)N3)CC1. The molecule has 6 rings (SSSR count). The fourth-order valence-electron chi connectivity index (χ4n) is 4.95. The molecule has 0 unspecified atom stereocenters. The number of rotatable bonds is 2. The van der Waals surface area contributed by atoms with Gasteiger partial charge >= 0.3 is 24.3 Å². The highest BCUT2D eigenvalue weighted by molar-refractivity contribution is 6.32. The minimum absolute atomic E-state index is 0.0973. The number of hydrogen-bond acceptors (Lipinski definition) is 8. The van der Waals surface area contributed by atoms with Crippen molar-refractivity contribution in [1.82, 2.24) is 14.9 Å². The lowest BCUT2D eigenvalue weighted by molar-refractivity contribution is -0.193. The lowest BCUT2D eigenvalue weighted by Gasteiger charge is -2.37. The summed E-state index contributed by atoms with van der Waals surface area (Å²) in [6, 6.07) is 24.3. The van der Waals surface area contributed by atoms with Gasteiger partial charge in [-0.3, -0.25) is 4.79 Å². The number of alkyl halides is 6. The van der Waals surface area contributed by atoms with Crippen LogP contribution in [0.5, 0.6) is 0 Å². The molecule has 1 fully saturated rings. The molecule has 4 aromatic rings. The number of hydrogen-bond donors (Lipinski definition) is 4. The van der Waals surface area contributed by atoms with Gasteiger partial charge in [0, 0.05) is 48.8 Å². The second-order valence-electron chi connectivity index (χ2n) is 10.9. The normalized spacial score (nSPS) is 13.9. The first kappa shape index (κ1) is 38.2. The maximum absolute atomic E-state index is 12.9. The Morgan fingerprint density at radius 3 is 1.96 bits per heavy atom. The number of piperazine rings is 1. The lowest BCUT2D eigenvalue weighted by atomic mass is 10.0. The number of aromatic nitrogens is 2. The van der Waals surface area contributed by atoms with Crippen LogP contribution in [0, 0.1) is 0 Å². The number of amides is 1. The Labute approximate surface area is 291 Å². The number of carboxylic acids is 2. The number of benzene rings is 3. The first-order valence-corrected chi connectivity index (χ1v) is 15.4. The third kappa shape index (κ3) is 11.0. The van der Waals surface area contributed by atoms with Crippen molar-refractivity contribution in [3.63, 3.8) is 0 Å². The summed E-state index contributed by atoms with van der Waals surface area (Å²) >= 11 is 6.41. The highest BCUT2D eigenvalue weighted by Crippen LogP contribution is 2.31. The maximum atomic E-state index is 12.9. The Kier molecular flexibility index (Phi) is 12.3. The molecule has 0 atom stereocenters. The van der Waals surface area contributed by atoms with Gasteiger partial charge in [-0.15, -0.1) is 0 Å². The van der Waals surface area contributed by atoms with E-state index in [0.717, 1.165) is 42.9 Å². The van der Waals surface area contributed by atoms with Crippen molar-refractivity contribution in [3.05, 3.63) is 101 Å². The van der Waals surface area contributed by atoms with Crippen molar-refractivity contribution >= 4 is 58.3 Å². The predicted octanol–water partition coefficient (Wildman–Crippen LogP) is 6.94. The lowest BCUT2D eigenvalue weighted by Crippen LogP contribution is -2.49. The first-order valence-electron chi connectivity index (χ1n) is 15.0. The Hall–Kier alpha value is -5.58. The zero-order valence-corrected chi connectivity index (χ0v) is 27.1. The molecule has 1 aromatic heterocycles. The fraction of sp³-hybridized carbons (Fsp3) is 0.242. The van der Waals surface area contributed by atoms with E-state index >= 15 is 0 Å². The molecular weight excluding hydrogens is 710 g/mol. The summed E-state index contributed by atoms with van der Waals surface area (Å²) in [6.07, 6.45) is -6.78. The van der Waals surface area contributed by atoms with E-state index in [9.17, 15) is 31.1 Å². The molecule has 0 aliphatic carbocycles. The maximum Gasteiger partial charge on any atom is 0.490 e. The second kappa shape index (κ2) is 16.4. The summed E-state index contributed by atoms with van der Waals surface area (Å²) in [5.41, 5.74) is 6.30. The minimum atomic E-state index is -5.08. The standard InChI is InChI=1S/C29H27ClN6O.2C2HF3O2/c30-25-19-31-29-33-23-8-4-5-20(17-23)9-10-22-18-24(32-27(25)34-29)11-12-26(22)35-13-15-36(16-14-35)28(37)21-6-2-1-3-7-21;2*3-2(4,5)1(6)7/h1-8,11-12,17-19H,9-10,13-16H2,(H2,31,32,33,34);2*(H,6,7). The van der Waals surface area contributed by atoms with E-state index in [4.69, 9.17) is 31.4 Å². The van der Waals surface area contributed by atoms with Crippen molar-refractivity contribution in [2.45, 2.75) is 25.2 Å². The molecule has 4 N–H and O–H groups in total. The smallest absolute Gasteiger partial charge is 0.475 e. The van der Waals surface area contributed by atoms with Gasteiger partial charge in [-0.05, 0) is 66.4 Å². The van der Waals surface area contributed by atoms with Crippen LogP contribution in [0.2, 0.25) is 5.02 Å². The van der Waals surface area contributed by atoms with Gasteiger partial charge in [0.1, 0.15) is 5.02 Å². The monoisotopic (exact) mass is 738 g/mol. The predicted molar refractivity (Wildman–Crippen MR) is 176 cm³/mol. The van der Waals surface area contributed by atoms with E-state index in [1.165, 1.54) is 16.8 Å². The van der Waals surface area contributed by atoms with Crippen LogP contribution < -0.4 is 15.5 Å². The quantitative estimate of drug-likeness (QED) is 0.159. The molecule has 0 spiro atoms. The molecule has 1 amide bonds. The van der Waals surface area contributed by atoms with E-state index in [1.54, 1.807) is 6.20 Å². The third-order valence-electron chi connectivity index (χ3n) is 7.37. The summed E-state index contributed by atoms with van der Waals surface area (Å²) in [6.45, 7) is 2.97. The van der Waals surface area contributed by atoms with Gasteiger partial charge in [0.2, 0.25) is 5.95 Å². The van der Waals surface area contributed by atoms with Gasteiger partial charge in [-0.25, -0.2) is 14.6 Å². The molecule has 51 heavy (non-hydrogen) atoms. The number of aliphatic carboxylic acids is 2. The van der Waals surface area contributed by atoms with Crippen LogP contribution in [0.1, 0.15) is 21.5 Å². The molecule has 0 radical (unpaired) electrons. The Bertz CT molecular complexity index is 1830. The van der Waals surface area contributed by atoms with Crippen LogP contribution in [-0.4, -0.2) is 81.5 Å². The number of carboxylic acid groups (broad SMARTS) is 2. The molecule has 0 saturated carbocycles. The Morgan fingerprint density at radius 2 is 1.35 bits per heavy atom. The van der Waals surface area contributed by atoms with Crippen molar-refractivity contribution < 1.29 is 50.9 Å². The van der Waals surface area contributed by atoms with Crippen LogP contribution in [-0.2, 0) is 22.4 Å². The number of aryl methyl sites for hydroxylation is 2. The number of halogens is 7. The van der Waals surface area contributed by atoms with Crippen molar-refractivity contribution in [2.75, 3.05) is 41.7 Å². The molecule has 6 bridgehead atoms. The average molecular weight is 739 g/mol. The molecular formula is C33H29ClF6N6O5. The molecule has 1 saturated heterocycles. The summed E-state index contributed by atoms with van der Waals surface area (Å²) in [4.78, 5) is 44.0. The van der Waals surface area contributed by atoms with Gasteiger partial charge in [0.15, 0.2) is 5.82 Å². The van der Waals surface area contributed by atoms with Gasteiger partial charge in [-0.2, -0.15) is 31.3 Å². The van der Waals surface area contributed by atoms with E-state index in [0.29, 0.717) is 29.9 Å². The van der Waals surface area contributed by atoms with Gasteiger partial charge < -0.3 is 30.6 Å². The average Bonchev–Trinajstić information content (AvgIpc) is 3.09.